The van der Waals surface area contributed by atoms with Crippen LogP contribution in [0.25, 0.3) is 22.3 Å². The summed E-state index contributed by atoms with van der Waals surface area (Å²) in [4.78, 5) is 8.70. The van der Waals surface area contributed by atoms with Crippen molar-refractivity contribution in [1.29, 1.82) is 0 Å². The van der Waals surface area contributed by atoms with Crippen molar-refractivity contribution >= 4 is 34.0 Å². The third kappa shape index (κ3) is 2.85. The summed E-state index contributed by atoms with van der Waals surface area (Å²) in [6, 6.07) is 7.65. The highest BCUT2D eigenvalue weighted by Crippen LogP contribution is 2.31. The maximum absolute atomic E-state index is 13.3. The summed E-state index contributed by atoms with van der Waals surface area (Å²) < 4.78 is 18.8. The zero-order valence-electron chi connectivity index (χ0n) is 12.3. The molecule has 118 valence electrons. The van der Waals surface area contributed by atoms with E-state index in [-0.39, 0.29) is 10.8 Å². The van der Waals surface area contributed by atoms with E-state index >= 15 is 0 Å². The van der Waals surface area contributed by atoms with Crippen molar-refractivity contribution in [3.8, 4) is 17.1 Å². The molecule has 0 spiro atoms. The first-order chi connectivity index (χ1) is 11.0. The molecular formula is C16H14ClFN4O. The second-order valence-corrected chi connectivity index (χ2v) is 5.31. The smallest absolute Gasteiger partial charge is 0.162 e. The van der Waals surface area contributed by atoms with Gasteiger partial charge in [0.15, 0.2) is 5.82 Å². The molecule has 0 fully saturated rings. The molecule has 0 saturated carbocycles. The standard InChI is InChI=1S/C16H14ClFN4O/c1-2-23-14-7-13-9(6-12(14)19)15(20)22-16(21-13)8-3-4-11(18)10(17)5-8/h3-7H,2,19H2,1H3,(H2,20,21,22). The summed E-state index contributed by atoms with van der Waals surface area (Å²) in [6.07, 6.45) is 0. The molecule has 0 amide bonds. The Hall–Kier alpha value is -2.60. The Morgan fingerprint density at radius 2 is 1.96 bits per heavy atom. The van der Waals surface area contributed by atoms with Gasteiger partial charge in [0.25, 0.3) is 0 Å². The molecule has 0 unspecified atom stereocenters. The van der Waals surface area contributed by atoms with Crippen LogP contribution in [0.2, 0.25) is 5.02 Å². The Kier molecular flexibility index (Phi) is 3.92. The molecule has 1 aromatic heterocycles. The zero-order chi connectivity index (χ0) is 16.6. The number of halogens is 2. The largest absolute Gasteiger partial charge is 0.492 e. The van der Waals surface area contributed by atoms with Crippen LogP contribution in [0.3, 0.4) is 0 Å². The lowest BCUT2D eigenvalue weighted by Crippen LogP contribution is -2.01. The monoisotopic (exact) mass is 332 g/mol. The van der Waals surface area contributed by atoms with Crippen molar-refractivity contribution < 1.29 is 9.13 Å². The Balaban J connectivity index is 2.19. The maximum atomic E-state index is 13.3. The fourth-order valence-electron chi connectivity index (χ4n) is 2.24. The van der Waals surface area contributed by atoms with Crippen LogP contribution < -0.4 is 16.2 Å². The number of rotatable bonds is 3. The van der Waals surface area contributed by atoms with Gasteiger partial charge in [0.2, 0.25) is 0 Å². The number of benzene rings is 2. The lowest BCUT2D eigenvalue weighted by atomic mass is 10.1. The van der Waals surface area contributed by atoms with Gasteiger partial charge in [0, 0.05) is 17.0 Å². The molecule has 0 saturated heterocycles. The van der Waals surface area contributed by atoms with E-state index in [4.69, 9.17) is 27.8 Å². The molecule has 4 N–H and O–H groups in total. The van der Waals surface area contributed by atoms with E-state index in [1.807, 2.05) is 6.92 Å². The molecule has 0 aliphatic rings. The molecule has 1 heterocycles. The van der Waals surface area contributed by atoms with E-state index in [1.165, 1.54) is 12.1 Å². The molecule has 3 rings (SSSR count). The molecule has 5 nitrogen and oxygen atoms in total. The van der Waals surface area contributed by atoms with Gasteiger partial charge in [-0.3, -0.25) is 0 Å². The summed E-state index contributed by atoms with van der Waals surface area (Å²) in [5.74, 6) is 0.654. The van der Waals surface area contributed by atoms with E-state index in [0.717, 1.165) is 0 Å². The van der Waals surface area contributed by atoms with Crippen molar-refractivity contribution in [2.75, 3.05) is 18.1 Å². The van der Waals surface area contributed by atoms with Crippen molar-refractivity contribution in [2.24, 2.45) is 0 Å². The molecule has 0 radical (unpaired) electrons. The predicted octanol–water partition coefficient (Wildman–Crippen LogP) is 3.65. The highest BCUT2D eigenvalue weighted by Gasteiger charge is 2.12. The van der Waals surface area contributed by atoms with Gasteiger partial charge in [-0.1, -0.05) is 11.6 Å². The molecule has 3 aromatic rings. The van der Waals surface area contributed by atoms with Crippen LogP contribution in [-0.4, -0.2) is 16.6 Å². The van der Waals surface area contributed by atoms with Gasteiger partial charge in [-0.05, 0) is 31.2 Å². The lowest BCUT2D eigenvalue weighted by Gasteiger charge is -2.10. The quantitative estimate of drug-likeness (QED) is 0.715. The summed E-state index contributed by atoms with van der Waals surface area (Å²) in [7, 11) is 0. The third-order valence-corrected chi connectivity index (χ3v) is 3.62. The number of ether oxygens (including phenoxy) is 1. The minimum atomic E-state index is -0.504. The number of nitrogen functional groups attached to an aromatic ring is 2. The molecule has 0 aliphatic heterocycles. The summed E-state index contributed by atoms with van der Waals surface area (Å²) in [5.41, 5.74) is 13.6. The highest BCUT2D eigenvalue weighted by molar-refractivity contribution is 6.31. The maximum Gasteiger partial charge on any atom is 0.162 e. The Labute approximate surface area is 137 Å². The second kappa shape index (κ2) is 5.89. The molecule has 0 bridgehead atoms. The molecule has 23 heavy (non-hydrogen) atoms. The molecular weight excluding hydrogens is 319 g/mol. The summed E-state index contributed by atoms with van der Waals surface area (Å²) >= 11 is 5.81. The van der Waals surface area contributed by atoms with Crippen LogP contribution in [-0.2, 0) is 0 Å². The molecule has 2 aromatic carbocycles. The summed E-state index contributed by atoms with van der Waals surface area (Å²) in [5, 5.41) is 0.625. The number of nitrogens with two attached hydrogens (primary N) is 2. The van der Waals surface area contributed by atoms with E-state index in [2.05, 4.69) is 9.97 Å². The predicted molar refractivity (Wildman–Crippen MR) is 89.9 cm³/mol. The third-order valence-electron chi connectivity index (χ3n) is 3.33. The van der Waals surface area contributed by atoms with Gasteiger partial charge < -0.3 is 16.2 Å². The molecule has 7 heteroatoms. The van der Waals surface area contributed by atoms with Crippen LogP contribution in [0.5, 0.6) is 5.75 Å². The average Bonchev–Trinajstić information content (AvgIpc) is 2.52. The van der Waals surface area contributed by atoms with Crippen LogP contribution in [0.1, 0.15) is 6.92 Å². The minimum absolute atomic E-state index is 0.00270. The van der Waals surface area contributed by atoms with Crippen molar-refractivity contribution in [1.82, 2.24) is 9.97 Å². The Morgan fingerprint density at radius 3 is 2.65 bits per heavy atom. The van der Waals surface area contributed by atoms with E-state index in [0.29, 0.717) is 40.3 Å². The zero-order valence-corrected chi connectivity index (χ0v) is 13.1. The Bertz CT molecular complexity index is 901. The number of nitrogens with zero attached hydrogens (tertiary/aromatic N) is 2. The summed E-state index contributed by atoms with van der Waals surface area (Å²) in [6.45, 7) is 2.35. The number of hydrogen-bond donors (Lipinski definition) is 2. The first-order valence-corrected chi connectivity index (χ1v) is 7.32. The number of fused-ring (bicyclic) bond motifs is 1. The minimum Gasteiger partial charge on any atom is -0.492 e. The average molecular weight is 333 g/mol. The van der Waals surface area contributed by atoms with Crippen molar-refractivity contribution in [3.63, 3.8) is 0 Å². The first-order valence-electron chi connectivity index (χ1n) is 6.94. The normalized spacial score (nSPS) is 10.9. The number of aromatic nitrogens is 2. The number of hydrogen-bond acceptors (Lipinski definition) is 5. The Morgan fingerprint density at radius 1 is 1.17 bits per heavy atom. The number of anilines is 2. The molecule has 0 atom stereocenters. The van der Waals surface area contributed by atoms with Crippen molar-refractivity contribution in [2.45, 2.75) is 6.92 Å². The van der Waals surface area contributed by atoms with Crippen molar-refractivity contribution in [3.05, 3.63) is 41.2 Å². The lowest BCUT2D eigenvalue weighted by molar-refractivity contribution is 0.342. The van der Waals surface area contributed by atoms with E-state index < -0.39 is 5.82 Å². The van der Waals surface area contributed by atoms with Gasteiger partial charge in [-0.2, -0.15) is 0 Å². The second-order valence-electron chi connectivity index (χ2n) is 4.90. The van der Waals surface area contributed by atoms with Gasteiger partial charge in [-0.25, -0.2) is 14.4 Å². The van der Waals surface area contributed by atoms with Crippen LogP contribution in [0, 0.1) is 5.82 Å². The van der Waals surface area contributed by atoms with Crippen LogP contribution in [0.15, 0.2) is 30.3 Å². The van der Waals surface area contributed by atoms with Gasteiger partial charge in [-0.15, -0.1) is 0 Å². The van der Waals surface area contributed by atoms with Gasteiger partial charge in [0.05, 0.1) is 22.8 Å². The SMILES string of the molecule is CCOc1cc2nc(-c3ccc(F)c(Cl)c3)nc(N)c2cc1N. The van der Waals surface area contributed by atoms with Gasteiger partial charge >= 0.3 is 0 Å². The van der Waals surface area contributed by atoms with Crippen LogP contribution >= 0.6 is 11.6 Å². The topological polar surface area (TPSA) is 87.0 Å². The molecule has 0 aliphatic carbocycles. The van der Waals surface area contributed by atoms with E-state index in [9.17, 15) is 4.39 Å². The van der Waals surface area contributed by atoms with Crippen LogP contribution in [0.4, 0.5) is 15.9 Å². The van der Waals surface area contributed by atoms with E-state index in [1.54, 1.807) is 18.2 Å². The first kappa shape index (κ1) is 15.3. The fraction of sp³-hybridized carbons (Fsp3) is 0.125. The highest BCUT2D eigenvalue weighted by atomic mass is 35.5. The van der Waals surface area contributed by atoms with Gasteiger partial charge in [0.1, 0.15) is 17.4 Å². The fourth-order valence-corrected chi connectivity index (χ4v) is 2.42.